The van der Waals surface area contributed by atoms with E-state index >= 15 is 0 Å². The standard InChI is InChI=1S/C16H21N3O4/c17-16(22)18-9-8-13(20)23-14(12-6-2-1-3-7-12)15(21)19-10-4-5-11-19/h1-3,6-7,14H,4-5,8-11H2,(H3,17,18,22)/t14-/m1/s1. The topological polar surface area (TPSA) is 102 Å². The van der Waals surface area contributed by atoms with Gasteiger partial charge in [0.15, 0.2) is 0 Å². The maximum Gasteiger partial charge on any atom is 0.312 e. The third-order valence-corrected chi connectivity index (χ3v) is 3.62. The normalized spacial score (nSPS) is 15.0. The molecule has 7 nitrogen and oxygen atoms in total. The molecule has 1 saturated heterocycles. The molecule has 0 aliphatic carbocycles. The molecule has 0 spiro atoms. The molecule has 0 saturated carbocycles. The Morgan fingerprint density at radius 3 is 2.43 bits per heavy atom. The van der Waals surface area contributed by atoms with Crippen LogP contribution < -0.4 is 11.1 Å². The van der Waals surface area contributed by atoms with Crippen LogP contribution in [0, 0.1) is 0 Å². The first-order valence-corrected chi connectivity index (χ1v) is 7.64. The summed E-state index contributed by atoms with van der Waals surface area (Å²) in [6.45, 7) is 1.44. The molecule has 3 N–H and O–H groups in total. The summed E-state index contributed by atoms with van der Waals surface area (Å²) < 4.78 is 5.37. The SMILES string of the molecule is NC(=O)NCCC(=O)O[C@@H](C(=O)N1CCCC1)c1ccccc1. The number of nitrogens with zero attached hydrogens (tertiary/aromatic N) is 1. The smallest absolute Gasteiger partial charge is 0.312 e. The number of carbonyl (C=O) groups excluding carboxylic acids is 3. The van der Waals surface area contributed by atoms with Crippen molar-refractivity contribution < 1.29 is 19.1 Å². The molecule has 0 unspecified atom stereocenters. The highest BCUT2D eigenvalue weighted by Crippen LogP contribution is 2.23. The van der Waals surface area contributed by atoms with E-state index in [2.05, 4.69) is 5.32 Å². The summed E-state index contributed by atoms with van der Waals surface area (Å²) in [5.41, 5.74) is 5.58. The summed E-state index contributed by atoms with van der Waals surface area (Å²) in [5.74, 6) is -0.759. The Morgan fingerprint density at radius 1 is 1.17 bits per heavy atom. The highest BCUT2D eigenvalue weighted by Gasteiger charge is 2.30. The molecule has 0 radical (unpaired) electrons. The fourth-order valence-corrected chi connectivity index (χ4v) is 2.47. The van der Waals surface area contributed by atoms with Crippen molar-refractivity contribution in [2.75, 3.05) is 19.6 Å². The van der Waals surface area contributed by atoms with Crippen molar-refractivity contribution in [1.29, 1.82) is 0 Å². The second kappa shape index (κ2) is 8.17. The number of ether oxygens (including phenoxy) is 1. The zero-order chi connectivity index (χ0) is 16.7. The molecular weight excluding hydrogens is 298 g/mol. The maximum atomic E-state index is 12.6. The lowest BCUT2D eigenvalue weighted by molar-refractivity contribution is -0.160. The quantitative estimate of drug-likeness (QED) is 0.762. The lowest BCUT2D eigenvalue weighted by Crippen LogP contribution is -2.36. The van der Waals surface area contributed by atoms with Gasteiger partial charge in [-0.05, 0) is 12.8 Å². The van der Waals surface area contributed by atoms with Crippen LogP contribution in [0.3, 0.4) is 0 Å². The van der Waals surface area contributed by atoms with Gasteiger partial charge in [0.1, 0.15) is 0 Å². The average Bonchev–Trinajstić information content (AvgIpc) is 3.07. The number of nitrogens with two attached hydrogens (primary N) is 1. The van der Waals surface area contributed by atoms with Gasteiger partial charge >= 0.3 is 12.0 Å². The third-order valence-electron chi connectivity index (χ3n) is 3.62. The van der Waals surface area contributed by atoms with Crippen LogP contribution >= 0.6 is 0 Å². The van der Waals surface area contributed by atoms with Gasteiger partial charge in [-0.25, -0.2) is 4.79 Å². The number of benzene rings is 1. The van der Waals surface area contributed by atoms with Crippen molar-refractivity contribution >= 4 is 17.9 Å². The number of hydrogen-bond donors (Lipinski definition) is 2. The van der Waals surface area contributed by atoms with Gasteiger partial charge in [-0.3, -0.25) is 9.59 Å². The summed E-state index contributed by atoms with van der Waals surface area (Å²) in [6.07, 6.45) is 0.933. The van der Waals surface area contributed by atoms with Gasteiger partial charge in [-0.15, -0.1) is 0 Å². The second-order valence-electron chi connectivity index (χ2n) is 5.35. The van der Waals surface area contributed by atoms with Crippen LogP contribution in [0.15, 0.2) is 30.3 Å². The molecule has 23 heavy (non-hydrogen) atoms. The van der Waals surface area contributed by atoms with Crippen molar-refractivity contribution in [3.63, 3.8) is 0 Å². The van der Waals surface area contributed by atoms with E-state index in [1.54, 1.807) is 29.2 Å². The predicted octanol–water partition coefficient (Wildman–Crippen LogP) is 0.952. The number of primary amides is 1. The Kier molecular flexibility index (Phi) is 5.96. The van der Waals surface area contributed by atoms with Gasteiger partial charge in [-0.2, -0.15) is 0 Å². The van der Waals surface area contributed by atoms with Gasteiger partial charge in [-0.1, -0.05) is 30.3 Å². The van der Waals surface area contributed by atoms with Crippen molar-refractivity contribution in [3.05, 3.63) is 35.9 Å². The fourth-order valence-electron chi connectivity index (χ4n) is 2.47. The molecule has 1 aliphatic heterocycles. The monoisotopic (exact) mass is 319 g/mol. The Hall–Kier alpha value is -2.57. The van der Waals surface area contributed by atoms with E-state index in [0.29, 0.717) is 18.7 Å². The average molecular weight is 319 g/mol. The van der Waals surface area contributed by atoms with Crippen molar-refractivity contribution in [2.45, 2.75) is 25.4 Å². The highest BCUT2D eigenvalue weighted by atomic mass is 16.5. The number of urea groups is 1. The fraction of sp³-hybridized carbons (Fsp3) is 0.438. The molecule has 1 atom stereocenters. The molecule has 0 aromatic heterocycles. The summed E-state index contributed by atoms with van der Waals surface area (Å²) in [7, 11) is 0. The minimum absolute atomic E-state index is 0.0421. The van der Waals surface area contributed by atoms with Gasteiger partial charge < -0.3 is 20.7 Å². The highest BCUT2D eigenvalue weighted by molar-refractivity contribution is 5.85. The van der Waals surface area contributed by atoms with E-state index in [1.165, 1.54) is 0 Å². The Bertz CT molecular complexity index is 556. The number of esters is 1. The van der Waals surface area contributed by atoms with Crippen LogP contribution in [-0.2, 0) is 14.3 Å². The lowest BCUT2D eigenvalue weighted by Gasteiger charge is -2.23. The van der Waals surface area contributed by atoms with Crippen molar-refractivity contribution in [2.24, 2.45) is 5.73 Å². The van der Waals surface area contributed by atoms with E-state index in [4.69, 9.17) is 10.5 Å². The van der Waals surface area contributed by atoms with Gasteiger partial charge in [0.05, 0.1) is 6.42 Å². The molecule has 0 bridgehead atoms. The minimum atomic E-state index is -0.949. The van der Waals surface area contributed by atoms with Crippen LogP contribution in [0.2, 0.25) is 0 Å². The van der Waals surface area contributed by atoms with Crippen molar-refractivity contribution in [1.82, 2.24) is 10.2 Å². The van der Waals surface area contributed by atoms with E-state index in [9.17, 15) is 14.4 Å². The molecule has 1 aromatic carbocycles. The van der Waals surface area contributed by atoms with Crippen LogP contribution in [0.4, 0.5) is 4.79 Å². The summed E-state index contributed by atoms with van der Waals surface area (Å²) in [5, 5.41) is 2.32. The number of hydrogen-bond acceptors (Lipinski definition) is 4. The van der Waals surface area contributed by atoms with Crippen LogP contribution in [-0.4, -0.2) is 42.4 Å². The summed E-state index contributed by atoms with van der Waals surface area (Å²) in [4.78, 5) is 36.9. The largest absolute Gasteiger partial charge is 0.447 e. The van der Waals surface area contributed by atoms with E-state index in [1.807, 2.05) is 6.07 Å². The molecule has 3 amide bonds. The number of nitrogens with one attached hydrogen (secondary N) is 1. The van der Waals surface area contributed by atoms with Crippen LogP contribution in [0.5, 0.6) is 0 Å². The summed E-state index contributed by atoms with van der Waals surface area (Å²) in [6, 6.07) is 8.23. The number of likely N-dealkylation sites (tertiary alicyclic amines) is 1. The number of amides is 3. The Morgan fingerprint density at radius 2 is 1.83 bits per heavy atom. The third kappa shape index (κ3) is 4.98. The van der Waals surface area contributed by atoms with Gasteiger partial charge in [0.2, 0.25) is 6.10 Å². The van der Waals surface area contributed by atoms with Gasteiger partial charge in [0.25, 0.3) is 5.91 Å². The first-order valence-electron chi connectivity index (χ1n) is 7.64. The number of carbonyl (C=O) groups is 3. The molecule has 1 heterocycles. The minimum Gasteiger partial charge on any atom is -0.447 e. The molecule has 1 fully saturated rings. The molecule has 7 heteroatoms. The number of rotatable bonds is 6. The van der Waals surface area contributed by atoms with E-state index in [0.717, 1.165) is 12.8 Å². The van der Waals surface area contributed by atoms with Crippen molar-refractivity contribution in [3.8, 4) is 0 Å². The zero-order valence-corrected chi connectivity index (χ0v) is 12.9. The lowest BCUT2D eigenvalue weighted by atomic mass is 10.1. The van der Waals surface area contributed by atoms with E-state index < -0.39 is 18.1 Å². The van der Waals surface area contributed by atoms with E-state index in [-0.39, 0.29) is 18.9 Å². The Labute approximate surface area is 134 Å². The molecular formula is C16H21N3O4. The second-order valence-corrected chi connectivity index (χ2v) is 5.35. The molecule has 1 aliphatic rings. The first kappa shape index (κ1) is 16.8. The van der Waals surface area contributed by atoms with Crippen LogP contribution in [0.25, 0.3) is 0 Å². The first-order chi connectivity index (χ1) is 11.1. The zero-order valence-electron chi connectivity index (χ0n) is 12.9. The predicted molar refractivity (Wildman–Crippen MR) is 83.3 cm³/mol. The summed E-state index contributed by atoms with van der Waals surface area (Å²) >= 11 is 0. The molecule has 124 valence electrons. The van der Waals surface area contributed by atoms with Gasteiger partial charge in [0, 0.05) is 25.2 Å². The maximum absolute atomic E-state index is 12.6. The molecule has 1 aromatic rings. The molecule has 2 rings (SSSR count). The van der Waals surface area contributed by atoms with Crippen LogP contribution in [0.1, 0.15) is 30.9 Å². The Balaban J connectivity index is 2.03.